The van der Waals surface area contributed by atoms with Crippen molar-refractivity contribution in [1.29, 1.82) is 0 Å². The summed E-state index contributed by atoms with van der Waals surface area (Å²) in [5, 5.41) is 12.0. The van der Waals surface area contributed by atoms with Gasteiger partial charge >= 0.3 is 0 Å². The molecule has 9 aromatic carbocycles. The Kier molecular flexibility index (Phi) is 7.15. The van der Waals surface area contributed by atoms with Gasteiger partial charge in [-0.3, -0.25) is 9.20 Å². The van der Waals surface area contributed by atoms with Gasteiger partial charge in [0.15, 0.2) is 0 Å². The summed E-state index contributed by atoms with van der Waals surface area (Å²) < 4.78 is 13.4. The fraction of sp³-hybridized carbons (Fsp3) is 0.0328. The van der Waals surface area contributed by atoms with Gasteiger partial charge in [-0.15, -0.1) is 0 Å². The molecule has 0 spiro atoms. The molecule has 308 valence electrons. The van der Waals surface area contributed by atoms with Crippen LogP contribution in [0.25, 0.3) is 139 Å². The molecule has 0 aliphatic heterocycles. The Bertz CT molecular complexity index is 4600. The van der Waals surface area contributed by atoms with E-state index in [9.17, 15) is 4.79 Å². The van der Waals surface area contributed by atoms with Gasteiger partial charge < -0.3 is 13.6 Å². The predicted molar refractivity (Wildman–Crippen MR) is 274 cm³/mol. The summed E-state index contributed by atoms with van der Waals surface area (Å²) in [7, 11) is 0. The molecule has 0 radical (unpaired) electrons. The highest BCUT2D eigenvalue weighted by molar-refractivity contribution is 6.19. The number of aromatic nitrogens is 3. The maximum Gasteiger partial charge on any atom is 0.263 e. The molecule has 0 unspecified atom stereocenters. The summed E-state index contributed by atoms with van der Waals surface area (Å²) in [5.74, 6) is 0. The van der Waals surface area contributed by atoms with Gasteiger partial charge in [-0.2, -0.15) is 0 Å². The zero-order valence-corrected chi connectivity index (χ0v) is 35.6. The molecule has 0 saturated heterocycles. The summed E-state index contributed by atoms with van der Waals surface area (Å²) in [6, 6.07) is 68.0. The summed E-state index contributed by atoms with van der Waals surface area (Å²) in [4.78, 5) is 14.4. The molecule has 0 saturated carbocycles. The highest BCUT2D eigenvalue weighted by Gasteiger charge is 2.24. The lowest BCUT2D eigenvalue weighted by Gasteiger charge is -2.17. The fourth-order valence-electron chi connectivity index (χ4n) is 11.5. The first-order valence-corrected chi connectivity index (χ1v) is 22.8. The Labute approximate surface area is 376 Å². The number of nitrogens with zero attached hydrogens (tertiary/aromatic N) is 3. The minimum absolute atomic E-state index is 0.0574. The van der Waals surface area contributed by atoms with E-state index in [1.54, 1.807) is 0 Å². The van der Waals surface area contributed by atoms with Crippen molar-refractivity contribution in [2.45, 2.75) is 12.8 Å². The molecule has 5 nitrogen and oxygen atoms in total. The van der Waals surface area contributed by atoms with Crippen LogP contribution in [0.1, 0.15) is 12.8 Å². The van der Waals surface area contributed by atoms with Crippen LogP contribution in [0.5, 0.6) is 0 Å². The number of benzene rings is 9. The number of para-hydroxylation sites is 4. The molecule has 0 fully saturated rings. The molecule has 0 amide bonds. The molecule has 66 heavy (non-hydrogen) atoms. The lowest BCUT2D eigenvalue weighted by Crippen LogP contribution is -2.43. The summed E-state index contributed by atoms with van der Waals surface area (Å²) >= 11 is 0. The molecular formula is C61H37N3O2. The first kappa shape index (κ1) is 35.8. The van der Waals surface area contributed by atoms with Crippen LogP contribution in [0.15, 0.2) is 197 Å². The van der Waals surface area contributed by atoms with Gasteiger partial charge in [0.25, 0.3) is 5.56 Å². The first-order chi connectivity index (χ1) is 32.7. The average Bonchev–Trinajstić information content (AvgIpc) is 4.11. The van der Waals surface area contributed by atoms with E-state index < -0.39 is 0 Å². The second kappa shape index (κ2) is 13.2. The van der Waals surface area contributed by atoms with Crippen LogP contribution in [-0.2, 0) is 0 Å². The normalized spacial score (nSPS) is 13.0. The highest BCUT2D eigenvalue weighted by atomic mass is 16.3. The maximum atomic E-state index is 14.4. The van der Waals surface area contributed by atoms with Gasteiger partial charge in [-0.25, -0.2) is 0 Å². The van der Waals surface area contributed by atoms with Crippen molar-refractivity contribution in [1.82, 2.24) is 13.5 Å². The van der Waals surface area contributed by atoms with E-state index in [0.717, 1.165) is 128 Å². The van der Waals surface area contributed by atoms with E-state index >= 15 is 0 Å². The van der Waals surface area contributed by atoms with E-state index in [4.69, 9.17) is 4.42 Å². The summed E-state index contributed by atoms with van der Waals surface area (Å²) in [5.41, 5.74) is 14.9. The summed E-state index contributed by atoms with van der Waals surface area (Å²) in [6.45, 7) is 0. The van der Waals surface area contributed by atoms with E-state index in [-0.39, 0.29) is 5.56 Å². The molecule has 15 rings (SSSR count). The Hall–Kier alpha value is -8.67. The zero-order valence-electron chi connectivity index (χ0n) is 35.6. The van der Waals surface area contributed by atoms with Crippen LogP contribution < -0.4 is 16.0 Å². The number of rotatable bonds is 4. The molecule has 0 bridgehead atoms. The number of fused-ring (bicyclic) bond motifs is 14. The Morgan fingerprint density at radius 1 is 0.379 bits per heavy atom. The van der Waals surface area contributed by atoms with Gasteiger partial charge in [0.05, 0.1) is 38.8 Å². The fourth-order valence-corrected chi connectivity index (χ4v) is 11.5. The third-order valence-electron chi connectivity index (χ3n) is 14.4. The third kappa shape index (κ3) is 4.81. The topological polar surface area (TPSA) is 44.5 Å². The molecule has 0 atom stereocenters. The van der Waals surface area contributed by atoms with Crippen molar-refractivity contribution in [3.8, 4) is 33.6 Å². The molecule has 5 heterocycles. The number of pyridine rings is 1. The average molecular weight is 844 g/mol. The van der Waals surface area contributed by atoms with E-state index in [2.05, 4.69) is 203 Å². The molecule has 14 aromatic rings. The lowest BCUT2D eigenvalue weighted by atomic mass is 9.98. The lowest BCUT2D eigenvalue weighted by molar-refractivity contribution is 0.669. The minimum Gasteiger partial charge on any atom is -0.456 e. The first-order valence-electron chi connectivity index (χ1n) is 22.8. The minimum atomic E-state index is 0.0574. The van der Waals surface area contributed by atoms with Gasteiger partial charge in [-0.1, -0.05) is 133 Å². The highest BCUT2D eigenvalue weighted by Crippen LogP contribution is 2.45. The second-order valence-corrected chi connectivity index (χ2v) is 17.9. The van der Waals surface area contributed by atoms with Gasteiger partial charge in [0, 0.05) is 64.9 Å². The monoisotopic (exact) mass is 843 g/mol. The Morgan fingerprint density at radius 2 is 1.03 bits per heavy atom. The van der Waals surface area contributed by atoms with Crippen molar-refractivity contribution in [3.63, 3.8) is 0 Å². The maximum absolute atomic E-state index is 14.4. The van der Waals surface area contributed by atoms with Crippen molar-refractivity contribution < 1.29 is 4.42 Å². The number of hydrogen-bond acceptors (Lipinski definition) is 2. The molecule has 1 aliphatic rings. The van der Waals surface area contributed by atoms with Crippen LogP contribution in [0.3, 0.4) is 0 Å². The van der Waals surface area contributed by atoms with Crippen molar-refractivity contribution >= 4 is 105 Å². The van der Waals surface area contributed by atoms with Gasteiger partial charge in [0.1, 0.15) is 11.2 Å². The molecule has 0 N–H and O–H groups in total. The van der Waals surface area contributed by atoms with E-state index in [1.165, 1.54) is 21.9 Å². The largest absolute Gasteiger partial charge is 0.456 e. The van der Waals surface area contributed by atoms with Crippen LogP contribution in [-0.4, -0.2) is 13.5 Å². The van der Waals surface area contributed by atoms with E-state index in [1.807, 2.05) is 10.5 Å². The summed E-state index contributed by atoms with van der Waals surface area (Å²) in [6.07, 6.45) is 6.19. The smallest absolute Gasteiger partial charge is 0.263 e. The number of hydrogen-bond donors (Lipinski definition) is 0. The quantitative estimate of drug-likeness (QED) is 0.177. The third-order valence-corrected chi connectivity index (χ3v) is 14.4. The van der Waals surface area contributed by atoms with Crippen molar-refractivity contribution in [2.75, 3.05) is 0 Å². The van der Waals surface area contributed by atoms with Crippen molar-refractivity contribution in [3.05, 3.63) is 209 Å². The second-order valence-electron chi connectivity index (χ2n) is 17.9. The van der Waals surface area contributed by atoms with Gasteiger partial charge in [0.2, 0.25) is 0 Å². The van der Waals surface area contributed by atoms with Crippen LogP contribution >= 0.6 is 0 Å². The Balaban J connectivity index is 1.09. The van der Waals surface area contributed by atoms with Crippen LogP contribution in [0, 0.1) is 0 Å². The van der Waals surface area contributed by atoms with Crippen molar-refractivity contribution in [2.24, 2.45) is 0 Å². The molecule has 5 aromatic heterocycles. The molecular weight excluding hydrogens is 807 g/mol. The zero-order chi connectivity index (χ0) is 43.2. The van der Waals surface area contributed by atoms with E-state index in [0.29, 0.717) is 0 Å². The standard InChI is InChI=1S/C61H37N3O2/c65-61-46-22-5-4-18-40(46)44-23-13-24-45-48-31-38(28-29-54(48)64(61)60(44)45)47-32-49-41-19-6-9-25-52(41)62(39-17-12-16-37(30-39)36-14-2-1-3-15-36)57(49)35-56(47)63-53-26-10-7-20-42(53)50-34-59-51(33-55(50)63)43-21-8-11-27-58(43)66-59/h1-3,6-35H,4-5H2. The molecule has 5 heteroatoms. The predicted octanol–water partition coefficient (Wildman–Crippen LogP) is 13.8. The number of furan rings is 1. The van der Waals surface area contributed by atoms with Gasteiger partial charge in [-0.05, 0) is 101 Å². The Morgan fingerprint density at radius 3 is 1.88 bits per heavy atom. The SMILES string of the molecule is O=c1c2c(c3cccc4c5cc(-c6cc7c8ccccc8n(-c8cccc(-c9ccccc9)c8)c7cc6-n6c7ccccc7c7cc8oc9ccccc9c8cc76)ccc5n1c34)=CCCC=2. The van der Waals surface area contributed by atoms with Crippen LogP contribution in [0.4, 0.5) is 0 Å². The molecule has 1 aliphatic carbocycles. The van der Waals surface area contributed by atoms with Crippen LogP contribution in [0.2, 0.25) is 0 Å².